The molecule has 1 saturated heterocycles. The smallest absolute Gasteiger partial charge is 0.337 e. The first-order valence-electron chi connectivity index (χ1n) is 5.11. The molecule has 0 amide bonds. The van der Waals surface area contributed by atoms with Gasteiger partial charge in [-0.1, -0.05) is 4.47 Å². The summed E-state index contributed by atoms with van der Waals surface area (Å²) in [4.78, 5) is 15.2. The molecule has 1 aromatic rings. The molecule has 0 saturated carbocycles. The number of benzene rings is 1. The summed E-state index contributed by atoms with van der Waals surface area (Å²) in [6.07, 6.45) is 0.511. The van der Waals surface area contributed by atoms with Crippen molar-refractivity contribution < 1.29 is 27.5 Å². The average molecular weight is 275 g/mol. The Morgan fingerprint density at radius 1 is 1.44 bits per heavy atom. The van der Waals surface area contributed by atoms with Gasteiger partial charge in [0, 0.05) is 6.54 Å². The van der Waals surface area contributed by atoms with E-state index in [9.17, 15) is 17.6 Å². The first kappa shape index (κ1) is 12.9. The Labute approximate surface area is 103 Å². The van der Waals surface area contributed by atoms with Gasteiger partial charge in [-0.05, 0) is 24.6 Å². The van der Waals surface area contributed by atoms with Gasteiger partial charge in [0.2, 0.25) is 0 Å². The van der Waals surface area contributed by atoms with Crippen molar-refractivity contribution in [2.45, 2.75) is 11.3 Å². The highest BCUT2D eigenvalue weighted by molar-refractivity contribution is 7.89. The zero-order valence-corrected chi connectivity index (χ0v) is 9.98. The van der Waals surface area contributed by atoms with Crippen molar-refractivity contribution in [1.82, 2.24) is 4.47 Å². The Morgan fingerprint density at radius 2 is 2.17 bits per heavy atom. The Balaban J connectivity index is 2.55. The summed E-state index contributed by atoms with van der Waals surface area (Å²) in [5, 5.41) is 8.92. The van der Waals surface area contributed by atoms with E-state index in [2.05, 4.69) is 0 Å². The molecule has 0 aliphatic carbocycles. The van der Waals surface area contributed by atoms with Crippen LogP contribution in [0.4, 0.5) is 4.39 Å². The summed E-state index contributed by atoms with van der Waals surface area (Å²) in [6.45, 7) is 0.356. The quantitative estimate of drug-likeness (QED) is 0.884. The van der Waals surface area contributed by atoms with Gasteiger partial charge in [-0.2, -0.15) is 0 Å². The molecule has 1 aliphatic rings. The largest absolute Gasteiger partial charge is 0.478 e. The molecule has 2 rings (SSSR count). The minimum absolute atomic E-state index is 0.123. The minimum Gasteiger partial charge on any atom is -0.478 e. The fraction of sp³-hybridized carbons (Fsp3) is 0.300. The number of halogens is 1. The molecule has 0 unspecified atom stereocenters. The Kier molecular flexibility index (Phi) is 3.33. The van der Waals surface area contributed by atoms with Crippen LogP contribution in [0, 0.1) is 5.82 Å². The van der Waals surface area contributed by atoms with E-state index >= 15 is 0 Å². The molecule has 0 atom stereocenters. The third-order valence-corrected chi connectivity index (χ3v) is 4.16. The number of nitrogens with zero attached hydrogens (tertiary/aromatic N) is 1. The van der Waals surface area contributed by atoms with Crippen molar-refractivity contribution in [2.24, 2.45) is 0 Å². The predicted octanol–water partition coefficient (Wildman–Crippen LogP) is 0.850. The molecule has 0 radical (unpaired) electrons. The number of aromatic carboxylic acids is 1. The fourth-order valence-electron chi connectivity index (χ4n) is 1.61. The molecule has 1 fully saturated rings. The fourth-order valence-corrected chi connectivity index (χ4v) is 3.11. The van der Waals surface area contributed by atoms with E-state index < -0.39 is 32.3 Å². The number of carbonyl (C=O) groups is 1. The van der Waals surface area contributed by atoms with Gasteiger partial charge in [0.05, 0.1) is 12.2 Å². The first-order chi connectivity index (χ1) is 8.43. The number of rotatable bonds is 3. The summed E-state index contributed by atoms with van der Waals surface area (Å²) in [7, 11) is -4.15. The molecule has 1 aromatic carbocycles. The summed E-state index contributed by atoms with van der Waals surface area (Å²) >= 11 is 0. The van der Waals surface area contributed by atoms with Crippen molar-refractivity contribution >= 4 is 16.0 Å². The number of hydrogen-bond acceptors (Lipinski definition) is 4. The van der Waals surface area contributed by atoms with Crippen molar-refractivity contribution in [1.29, 1.82) is 0 Å². The van der Waals surface area contributed by atoms with Crippen molar-refractivity contribution in [2.75, 3.05) is 13.2 Å². The molecule has 18 heavy (non-hydrogen) atoms. The molecule has 1 heterocycles. The summed E-state index contributed by atoms with van der Waals surface area (Å²) in [6, 6.07) is 2.49. The van der Waals surface area contributed by atoms with E-state index in [0.29, 0.717) is 17.0 Å². The lowest BCUT2D eigenvalue weighted by Gasteiger charge is -2.15. The Bertz CT molecular complexity index is 580. The van der Waals surface area contributed by atoms with E-state index in [1.807, 2.05) is 0 Å². The van der Waals surface area contributed by atoms with E-state index in [1.54, 1.807) is 0 Å². The maximum absolute atomic E-state index is 13.1. The van der Waals surface area contributed by atoms with Gasteiger partial charge in [-0.3, -0.25) is 4.84 Å². The van der Waals surface area contributed by atoms with Crippen LogP contribution in [-0.4, -0.2) is 37.1 Å². The van der Waals surface area contributed by atoms with Crippen LogP contribution in [-0.2, 0) is 14.9 Å². The van der Waals surface area contributed by atoms with Crippen molar-refractivity contribution in [3.63, 3.8) is 0 Å². The summed E-state index contributed by atoms with van der Waals surface area (Å²) in [5.41, 5.74) is -0.480. The highest BCUT2D eigenvalue weighted by Gasteiger charge is 2.32. The molecule has 6 nitrogen and oxygen atoms in total. The first-order valence-corrected chi connectivity index (χ1v) is 6.55. The molecule has 1 aliphatic heterocycles. The normalized spacial score (nSPS) is 16.9. The van der Waals surface area contributed by atoms with E-state index in [4.69, 9.17) is 9.94 Å². The molecule has 0 aromatic heterocycles. The van der Waals surface area contributed by atoms with Gasteiger partial charge >= 0.3 is 5.97 Å². The van der Waals surface area contributed by atoms with E-state index in [-0.39, 0.29) is 13.2 Å². The molecule has 8 heteroatoms. The Hall–Kier alpha value is -1.51. The van der Waals surface area contributed by atoms with Crippen molar-refractivity contribution in [3.05, 3.63) is 29.6 Å². The van der Waals surface area contributed by atoms with Crippen LogP contribution in [0.3, 0.4) is 0 Å². The molecule has 1 N–H and O–H groups in total. The summed E-state index contributed by atoms with van der Waals surface area (Å²) < 4.78 is 38.0. The van der Waals surface area contributed by atoms with Crippen LogP contribution in [0.5, 0.6) is 0 Å². The second kappa shape index (κ2) is 4.63. The molecule has 0 bridgehead atoms. The van der Waals surface area contributed by atoms with Gasteiger partial charge in [0.15, 0.2) is 0 Å². The van der Waals surface area contributed by atoms with E-state index in [1.165, 1.54) is 0 Å². The number of sulfonamides is 1. The van der Waals surface area contributed by atoms with Crippen LogP contribution in [0.15, 0.2) is 23.1 Å². The zero-order chi connectivity index (χ0) is 13.3. The number of carboxylic acids is 1. The third kappa shape index (κ3) is 2.22. The van der Waals surface area contributed by atoms with Crippen LogP contribution in [0.25, 0.3) is 0 Å². The lowest BCUT2D eigenvalue weighted by molar-refractivity contribution is -0.0285. The maximum atomic E-state index is 13.1. The van der Waals surface area contributed by atoms with Gasteiger partial charge in [-0.15, -0.1) is 0 Å². The zero-order valence-electron chi connectivity index (χ0n) is 9.17. The lowest BCUT2D eigenvalue weighted by atomic mass is 10.2. The topological polar surface area (TPSA) is 83.9 Å². The van der Waals surface area contributed by atoms with E-state index in [0.717, 1.165) is 12.1 Å². The Morgan fingerprint density at radius 3 is 2.72 bits per heavy atom. The van der Waals surface area contributed by atoms with Gasteiger partial charge in [0.25, 0.3) is 10.0 Å². The SMILES string of the molecule is O=C(O)c1ccc(F)cc1S(=O)(=O)N1CCCO1. The van der Waals surface area contributed by atoms with Gasteiger partial charge in [0.1, 0.15) is 10.7 Å². The second-order valence-corrected chi connectivity index (χ2v) is 5.46. The minimum atomic E-state index is -4.15. The highest BCUT2D eigenvalue weighted by Crippen LogP contribution is 2.24. The number of hydrogen-bond donors (Lipinski definition) is 1. The number of hydroxylamine groups is 1. The highest BCUT2D eigenvalue weighted by atomic mass is 32.2. The predicted molar refractivity (Wildman–Crippen MR) is 57.8 cm³/mol. The van der Waals surface area contributed by atoms with Crippen LogP contribution in [0.1, 0.15) is 16.8 Å². The molecule has 0 spiro atoms. The van der Waals surface area contributed by atoms with Crippen LogP contribution >= 0.6 is 0 Å². The van der Waals surface area contributed by atoms with Crippen molar-refractivity contribution in [3.8, 4) is 0 Å². The second-order valence-electron chi connectivity index (χ2n) is 3.66. The molecular weight excluding hydrogens is 265 g/mol. The molecular formula is C10H10FNO5S. The standard InChI is InChI=1S/C10H10FNO5S/c11-7-2-3-8(10(13)14)9(6-7)18(15,16)12-4-1-5-17-12/h2-3,6H,1,4-5H2,(H,13,14). The van der Waals surface area contributed by atoms with Crippen LogP contribution < -0.4 is 0 Å². The average Bonchev–Trinajstić information content (AvgIpc) is 2.82. The maximum Gasteiger partial charge on any atom is 0.337 e. The third-order valence-electron chi connectivity index (χ3n) is 2.44. The number of carboxylic acid groups (broad SMARTS) is 1. The lowest BCUT2D eigenvalue weighted by Crippen LogP contribution is -2.28. The summed E-state index contributed by atoms with van der Waals surface area (Å²) in [5.74, 6) is -2.26. The van der Waals surface area contributed by atoms with Gasteiger partial charge < -0.3 is 5.11 Å². The monoisotopic (exact) mass is 275 g/mol. The van der Waals surface area contributed by atoms with Crippen LogP contribution in [0.2, 0.25) is 0 Å². The molecule has 98 valence electrons. The van der Waals surface area contributed by atoms with Gasteiger partial charge in [-0.25, -0.2) is 17.6 Å².